The maximum atomic E-state index is 12.9. The lowest BCUT2D eigenvalue weighted by Gasteiger charge is -2.26. The number of anilines is 1. The minimum absolute atomic E-state index is 0.0654. The van der Waals surface area contributed by atoms with Crippen molar-refractivity contribution < 1.29 is 13.9 Å². The molecule has 1 aliphatic rings. The molecule has 1 heterocycles. The molecule has 0 saturated carbocycles. The van der Waals surface area contributed by atoms with Crippen LogP contribution >= 0.6 is 0 Å². The zero-order valence-corrected chi connectivity index (χ0v) is 6.85. The van der Waals surface area contributed by atoms with Crippen molar-refractivity contribution in [3.05, 3.63) is 23.8 Å². The van der Waals surface area contributed by atoms with Gasteiger partial charge in [0.1, 0.15) is 5.75 Å². The molecule has 0 aromatic heterocycles. The highest BCUT2D eigenvalue weighted by Gasteiger charge is 2.35. The van der Waals surface area contributed by atoms with Crippen LogP contribution in [-0.4, -0.2) is 17.6 Å². The van der Waals surface area contributed by atoms with Gasteiger partial charge in [-0.1, -0.05) is 6.07 Å². The van der Waals surface area contributed by atoms with Crippen LogP contribution in [0.3, 0.4) is 0 Å². The van der Waals surface area contributed by atoms with Crippen molar-refractivity contribution in [2.75, 3.05) is 11.9 Å². The molecule has 0 saturated heterocycles. The number of alkyl halides is 2. The highest BCUT2D eigenvalue weighted by atomic mass is 19.3. The van der Waals surface area contributed by atoms with Crippen LogP contribution in [0, 0.1) is 0 Å². The number of phenols is 1. The van der Waals surface area contributed by atoms with Crippen molar-refractivity contribution in [3.8, 4) is 5.75 Å². The summed E-state index contributed by atoms with van der Waals surface area (Å²) in [6, 6.07) is 4.73. The zero-order chi connectivity index (χ0) is 9.47. The van der Waals surface area contributed by atoms with Crippen LogP contribution in [0.25, 0.3) is 0 Å². The molecule has 0 unspecified atom stereocenters. The molecule has 70 valence electrons. The van der Waals surface area contributed by atoms with Gasteiger partial charge in [-0.25, -0.2) is 8.78 Å². The van der Waals surface area contributed by atoms with Gasteiger partial charge in [0.15, 0.2) is 0 Å². The third-order valence-corrected chi connectivity index (χ3v) is 2.12. The molecule has 0 radical (unpaired) electrons. The fraction of sp³-hybridized carbons (Fsp3) is 0.333. The van der Waals surface area contributed by atoms with E-state index in [4.69, 9.17) is 0 Å². The van der Waals surface area contributed by atoms with Gasteiger partial charge in [-0.15, -0.1) is 0 Å². The number of fused-ring (bicyclic) bond motifs is 1. The summed E-state index contributed by atoms with van der Waals surface area (Å²) in [5, 5.41) is 11.9. The quantitative estimate of drug-likeness (QED) is 0.647. The van der Waals surface area contributed by atoms with Gasteiger partial charge in [-0.2, -0.15) is 0 Å². The molecule has 13 heavy (non-hydrogen) atoms. The van der Waals surface area contributed by atoms with Crippen molar-refractivity contribution in [1.29, 1.82) is 0 Å². The first-order valence-corrected chi connectivity index (χ1v) is 4.01. The number of benzene rings is 1. The lowest BCUT2D eigenvalue weighted by Crippen LogP contribution is -2.34. The maximum absolute atomic E-state index is 12.9. The highest BCUT2D eigenvalue weighted by molar-refractivity contribution is 5.59. The van der Waals surface area contributed by atoms with Crippen LogP contribution in [-0.2, 0) is 6.42 Å². The van der Waals surface area contributed by atoms with Crippen molar-refractivity contribution in [1.82, 2.24) is 0 Å². The molecule has 1 aromatic rings. The average Bonchev–Trinajstić information content (AvgIpc) is 2.06. The van der Waals surface area contributed by atoms with Gasteiger partial charge < -0.3 is 10.4 Å². The normalized spacial score (nSPS) is 18.9. The number of phenolic OH excluding ortho intramolecular Hbond substituents is 1. The molecule has 0 fully saturated rings. The summed E-state index contributed by atoms with van der Waals surface area (Å²) in [6.45, 7) is -0.358. The van der Waals surface area contributed by atoms with E-state index in [9.17, 15) is 13.9 Å². The molecule has 0 atom stereocenters. The first-order valence-electron chi connectivity index (χ1n) is 4.01. The molecule has 2 rings (SSSR count). The molecule has 1 aliphatic heterocycles. The maximum Gasteiger partial charge on any atom is 0.269 e. The summed E-state index contributed by atoms with van der Waals surface area (Å²) < 4.78 is 25.8. The molecule has 0 spiro atoms. The molecule has 2 N–H and O–H groups in total. The molecule has 0 bridgehead atoms. The fourth-order valence-corrected chi connectivity index (χ4v) is 1.47. The number of hydrogen-bond acceptors (Lipinski definition) is 2. The van der Waals surface area contributed by atoms with Gasteiger partial charge in [0.2, 0.25) is 0 Å². The Labute approximate surface area is 74.2 Å². The number of nitrogens with one attached hydrogen (secondary N) is 1. The predicted molar refractivity (Wildman–Crippen MR) is 45.2 cm³/mol. The standard InChI is InChI=1S/C9H9F2NO/c10-9(11)4-6-7(12-5-9)2-1-3-8(6)13/h1-3,12-13H,4-5H2. The van der Waals surface area contributed by atoms with Gasteiger partial charge in [0.05, 0.1) is 6.54 Å². The predicted octanol–water partition coefficient (Wildman–Crippen LogP) is 2.00. The smallest absolute Gasteiger partial charge is 0.269 e. The molecule has 4 heteroatoms. The second-order valence-corrected chi connectivity index (χ2v) is 3.19. The number of rotatable bonds is 0. The molecular formula is C9H9F2NO. The number of aromatic hydroxyl groups is 1. The Morgan fingerprint density at radius 2 is 2.15 bits per heavy atom. The van der Waals surface area contributed by atoms with Crippen LogP contribution in [0.2, 0.25) is 0 Å². The lowest BCUT2D eigenvalue weighted by molar-refractivity contribution is 0.0123. The molecule has 2 nitrogen and oxygen atoms in total. The topological polar surface area (TPSA) is 32.3 Å². The average molecular weight is 185 g/mol. The van der Waals surface area contributed by atoms with E-state index in [0.717, 1.165) is 0 Å². The van der Waals surface area contributed by atoms with Crippen LogP contribution in [0.5, 0.6) is 5.75 Å². The largest absolute Gasteiger partial charge is 0.508 e. The molecule has 0 amide bonds. The minimum Gasteiger partial charge on any atom is -0.508 e. The Kier molecular flexibility index (Phi) is 1.65. The number of hydrogen-bond donors (Lipinski definition) is 2. The highest BCUT2D eigenvalue weighted by Crippen LogP contribution is 2.35. The van der Waals surface area contributed by atoms with E-state index in [1.807, 2.05) is 0 Å². The van der Waals surface area contributed by atoms with E-state index in [1.165, 1.54) is 6.07 Å². The molecule has 0 aliphatic carbocycles. The molecule has 1 aromatic carbocycles. The third kappa shape index (κ3) is 1.43. The lowest BCUT2D eigenvalue weighted by atomic mass is 10.00. The van der Waals surface area contributed by atoms with Crippen LogP contribution in [0.1, 0.15) is 5.56 Å². The SMILES string of the molecule is Oc1cccc2c1CC(F)(F)CN2. The Morgan fingerprint density at radius 3 is 2.92 bits per heavy atom. The third-order valence-electron chi connectivity index (χ3n) is 2.12. The zero-order valence-electron chi connectivity index (χ0n) is 6.85. The first kappa shape index (κ1) is 8.29. The van der Waals surface area contributed by atoms with Gasteiger partial charge in [0.25, 0.3) is 5.92 Å². The Balaban J connectivity index is 2.44. The Morgan fingerprint density at radius 1 is 1.38 bits per heavy atom. The van der Waals surface area contributed by atoms with Crippen LogP contribution in [0.15, 0.2) is 18.2 Å². The molecular weight excluding hydrogens is 176 g/mol. The van der Waals surface area contributed by atoms with Crippen LogP contribution < -0.4 is 5.32 Å². The van der Waals surface area contributed by atoms with Gasteiger partial charge >= 0.3 is 0 Å². The van der Waals surface area contributed by atoms with Crippen molar-refractivity contribution in [2.24, 2.45) is 0 Å². The monoisotopic (exact) mass is 185 g/mol. The van der Waals surface area contributed by atoms with E-state index < -0.39 is 5.92 Å². The summed E-state index contributed by atoms with van der Waals surface area (Å²) in [5.41, 5.74) is 0.907. The minimum atomic E-state index is -2.76. The van der Waals surface area contributed by atoms with Crippen molar-refractivity contribution in [3.63, 3.8) is 0 Å². The summed E-state index contributed by atoms with van der Waals surface area (Å²) in [4.78, 5) is 0. The summed E-state index contributed by atoms with van der Waals surface area (Å²) >= 11 is 0. The first-order chi connectivity index (χ1) is 6.08. The second kappa shape index (κ2) is 2.58. The van der Waals surface area contributed by atoms with Crippen LogP contribution in [0.4, 0.5) is 14.5 Å². The second-order valence-electron chi connectivity index (χ2n) is 3.19. The van der Waals surface area contributed by atoms with Gasteiger partial charge in [-0.3, -0.25) is 0 Å². The van der Waals surface area contributed by atoms with E-state index >= 15 is 0 Å². The Bertz CT molecular complexity index is 338. The summed E-state index contributed by atoms with van der Waals surface area (Å²) in [5.74, 6) is -2.82. The van der Waals surface area contributed by atoms with E-state index in [2.05, 4.69) is 5.32 Å². The van der Waals surface area contributed by atoms with E-state index in [1.54, 1.807) is 12.1 Å². The fourth-order valence-electron chi connectivity index (χ4n) is 1.47. The van der Waals surface area contributed by atoms with E-state index in [-0.39, 0.29) is 18.7 Å². The van der Waals surface area contributed by atoms with Gasteiger partial charge in [0, 0.05) is 17.7 Å². The summed E-state index contributed by atoms with van der Waals surface area (Å²) in [6.07, 6.45) is -0.387. The summed E-state index contributed by atoms with van der Waals surface area (Å²) in [7, 11) is 0. The van der Waals surface area contributed by atoms with E-state index in [0.29, 0.717) is 11.3 Å². The van der Waals surface area contributed by atoms with Gasteiger partial charge in [-0.05, 0) is 12.1 Å². The Hall–Kier alpha value is -1.32. The van der Waals surface area contributed by atoms with Crippen molar-refractivity contribution >= 4 is 5.69 Å². The van der Waals surface area contributed by atoms with Crippen molar-refractivity contribution in [2.45, 2.75) is 12.3 Å². The number of halogens is 2.